The highest BCUT2D eigenvalue weighted by atomic mass is 14.1. The summed E-state index contributed by atoms with van der Waals surface area (Å²) in [5, 5.41) is 0. The van der Waals surface area contributed by atoms with Gasteiger partial charge in [-0.15, -0.1) is 0 Å². The van der Waals surface area contributed by atoms with Gasteiger partial charge in [0.2, 0.25) is 0 Å². The molecule has 0 spiro atoms. The zero-order chi connectivity index (χ0) is 35.7. The standard InChI is InChI=1S/C51H56/c1-36-16-14-20-50(40(36)5)46-28-24-44(25-29-46)48-32-22-42(34-38(48)3)18-12-10-8-7-9-11-13-19-43-23-33-49(39(4)35-43)45-26-30-47(31-27-45)51-21-15-17-37(2)41(51)6/h14-17,20-35H,7-13,18-19H2,1-6H3. The van der Waals surface area contributed by atoms with Gasteiger partial charge in [0.15, 0.2) is 0 Å². The van der Waals surface area contributed by atoms with Crippen LogP contribution in [0.25, 0.3) is 44.5 Å². The van der Waals surface area contributed by atoms with Gasteiger partial charge in [0, 0.05) is 0 Å². The fourth-order valence-corrected chi connectivity index (χ4v) is 7.74. The Labute approximate surface area is 308 Å². The summed E-state index contributed by atoms with van der Waals surface area (Å²) in [6, 6.07) is 45.5. The number of rotatable bonds is 14. The van der Waals surface area contributed by atoms with E-state index in [2.05, 4.69) is 163 Å². The van der Waals surface area contributed by atoms with Gasteiger partial charge in [-0.25, -0.2) is 0 Å². The molecule has 6 aromatic carbocycles. The van der Waals surface area contributed by atoms with Crippen LogP contribution < -0.4 is 0 Å². The van der Waals surface area contributed by atoms with Crippen molar-refractivity contribution in [2.75, 3.05) is 0 Å². The third-order valence-corrected chi connectivity index (χ3v) is 11.2. The Balaban J connectivity index is 0.887. The molecule has 0 unspecified atom stereocenters. The predicted octanol–water partition coefficient (Wildman–Crippen LogP) is 14.7. The number of hydrogen-bond donors (Lipinski definition) is 0. The molecule has 0 fully saturated rings. The molecule has 6 rings (SSSR count). The first-order valence-corrected chi connectivity index (χ1v) is 19.3. The molecule has 0 saturated heterocycles. The van der Waals surface area contributed by atoms with Gasteiger partial charge in [-0.3, -0.25) is 0 Å². The normalized spacial score (nSPS) is 11.3. The minimum Gasteiger partial charge on any atom is -0.0614 e. The van der Waals surface area contributed by atoms with Crippen LogP contribution in [0, 0.1) is 41.5 Å². The lowest BCUT2D eigenvalue weighted by atomic mass is 9.93. The van der Waals surface area contributed by atoms with E-state index in [1.807, 2.05) is 0 Å². The Kier molecular flexibility index (Phi) is 12.1. The van der Waals surface area contributed by atoms with Crippen molar-refractivity contribution in [2.24, 2.45) is 0 Å². The SMILES string of the molecule is Cc1cc(CCCCCCCCCc2ccc(-c3ccc(-c4cccc(C)c4C)cc3)c(C)c2)ccc1-c1ccc(-c2cccc(C)c2C)cc1. The van der Waals surface area contributed by atoms with Crippen LogP contribution in [0.2, 0.25) is 0 Å². The minimum absolute atomic E-state index is 1.18. The van der Waals surface area contributed by atoms with Crippen LogP contribution in [0.1, 0.15) is 89.5 Å². The van der Waals surface area contributed by atoms with Crippen molar-refractivity contribution in [3.8, 4) is 44.5 Å². The summed E-state index contributed by atoms with van der Waals surface area (Å²) in [5.74, 6) is 0. The summed E-state index contributed by atoms with van der Waals surface area (Å²) < 4.78 is 0. The highest BCUT2D eigenvalue weighted by Gasteiger charge is 2.09. The number of unbranched alkanes of at least 4 members (excludes halogenated alkanes) is 6. The molecule has 0 radical (unpaired) electrons. The van der Waals surface area contributed by atoms with Gasteiger partial charge in [-0.2, -0.15) is 0 Å². The first kappa shape index (κ1) is 36.1. The molecule has 0 saturated carbocycles. The second-order valence-electron chi connectivity index (χ2n) is 14.9. The third-order valence-electron chi connectivity index (χ3n) is 11.2. The molecule has 0 aliphatic rings. The van der Waals surface area contributed by atoms with E-state index in [1.165, 1.54) is 147 Å². The lowest BCUT2D eigenvalue weighted by Crippen LogP contribution is -1.92. The quantitative estimate of drug-likeness (QED) is 0.101. The van der Waals surface area contributed by atoms with Crippen LogP contribution >= 0.6 is 0 Å². The van der Waals surface area contributed by atoms with Crippen LogP contribution in [-0.4, -0.2) is 0 Å². The molecule has 260 valence electrons. The monoisotopic (exact) mass is 668 g/mol. The van der Waals surface area contributed by atoms with Gasteiger partial charge < -0.3 is 0 Å². The second-order valence-corrected chi connectivity index (χ2v) is 14.9. The highest BCUT2D eigenvalue weighted by molar-refractivity contribution is 5.75. The number of benzene rings is 6. The average Bonchev–Trinajstić information content (AvgIpc) is 3.14. The van der Waals surface area contributed by atoms with Crippen LogP contribution in [0.4, 0.5) is 0 Å². The van der Waals surface area contributed by atoms with Gasteiger partial charge in [0.05, 0.1) is 0 Å². The maximum absolute atomic E-state index is 2.41. The van der Waals surface area contributed by atoms with E-state index in [9.17, 15) is 0 Å². The minimum atomic E-state index is 1.18. The van der Waals surface area contributed by atoms with Crippen LogP contribution in [0.15, 0.2) is 121 Å². The second kappa shape index (κ2) is 17.0. The molecular formula is C51H56. The summed E-state index contributed by atoms with van der Waals surface area (Å²) >= 11 is 0. The fourth-order valence-electron chi connectivity index (χ4n) is 7.74. The van der Waals surface area contributed by atoms with Crippen molar-refractivity contribution in [1.29, 1.82) is 0 Å². The largest absolute Gasteiger partial charge is 0.0614 e. The lowest BCUT2D eigenvalue weighted by Gasteiger charge is -2.12. The predicted molar refractivity (Wildman–Crippen MR) is 223 cm³/mol. The molecule has 0 atom stereocenters. The molecule has 0 bridgehead atoms. The van der Waals surface area contributed by atoms with Crippen molar-refractivity contribution in [2.45, 2.75) is 99.3 Å². The highest BCUT2D eigenvalue weighted by Crippen LogP contribution is 2.32. The fraction of sp³-hybridized carbons (Fsp3) is 0.294. The smallest absolute Gasteiger partial charge is 0.0152 e. The Bertz CT molecular complexity index is 1910. The molecular weight excluding hydrogens is 613 g/mol. The van der Waals surface area contributed by atoms with E-state index in [0.29, 0.717) is 0 Å². The Morgan fingerprint density at radius 3 is 0.980 bits per heavy atom. The van der Waals surface area contributed by atoms with Crippen molar-refractivity contribution >= 4 is 0 Å². The topological polar surface area (TPSA) is 0 Å². The first-order valence-electron chi connectivity index (χ1n) is 19.3. The number of aryl methyl sites for hydroxylation is 6. The molecule has 0 aliphatic heterocycles. The summed E-state index contributed by atoms with van der Waals surface area (Å²) in [6.45, 7) is 13.3. The van der Waals surface area contributed by atoms with Crippen LogP contribution in [0.5, 0.6) is 0 Å². The zero-order valence-electron chi connectivity index (χ0n) is 31.9. The molecule has 0 nitrogen and oxygen atoms in total. The van der Waals surface area contributed by atoms with Gasteiger partial charge >= 0.3 is 0 Å². The van der Waals surface area contributed by atoms with Crippen LogP contribution in [0.3, 0.4) is 0 Å². The summed E-state index contributed by atoms with van der Waals surface area (Å²) in [6.07, 6.45) is 11.6. The molecule has 0 heteroatoms. The summed E-state index contributed by atoms with van der Waals surface area (Å²) in [5.41, 5.74) is 21.7. The molecule has 0 heterocycles. The Morgan fingerprint density at radius 2 is 0.627 bits per heavy atom. The molecule has 6 aromatic rings. The van der Waals surface area contributed by atoms with Crippen molar-refractivity contribution in [1.82, 2.24) is 0 Å². The lowest BCUT2D eigenvalue weighted by molar-refractivity contribution is 0.579. The van der Waals surface area contributed by atoms with Gasteiger partial charge in [0.25, 0.3) is 0 Å². The van der Waals surface area contributed by atoms with Gasteiger partial charge in [-0.05, 0) is 156 Å². The van der Waals surface area contributed by atoms with Crippen molar-refractivity contribution in [3.05, 3.63) is 166 Å². The van der Waals surface area contributed by atoms with E-state index in [-0.39, 0.29) is 0 Å². The first-order chi connectivity index (χ1) is 24.8. The average molecular weight is 669 g/mol. The maximum atomic E-state index is 2.41. The Morgan fingerprint density at radius 1 is 0.294 bits per heavy atom. The van der Waals surface area contributed by atoms with E-state index in [0.717, 1.165) is 0 Å². The molecule has 0 amide bonds. The van der Waals surface area contributed by atoms with Crippen LogP contribution in [-0.2, 0) is 12.8 Å². The molecule has 0 N–H and O–H groups in total. The van der Waals surface area contributed by atoms with E-state index in [4.69, 9.17) is 0 Å². The molecule has 0 aromatic heterocycles. The van der Waals surface area contributed by atoms with Gasteiger partial charge in [-0.1, -0.05) is 153 Å². The molecule has 51 heavy (non-hydrogen) atoms. The summed E-state index contributed by atoms with van der Waals surface area (Å²) in [7, 11) is 0. The van der Waals surface area contributed by atoms with Crippen molar-refractivity contribution < 1.29 is 0 Å². The Hall–Kier alpha value is -4.68. The van der Waals surface area contributed by atoms with Gasteiger partial charge in [0.1, 0.15) is 0 Å². The maximum Gasteiger partial charge on any atom is -0.0152 e. The zero-order valence-corrected chi connectivity index (χ0v) is 31.9. The molecule has 0 aliphatic carbocycles. The number of hydrogen-bond acceptors (Lipinski definition) is 0. The summed E-state index contributed by atoms with van der Waals surface area (Å²) in [4.78, 5) is 0. The van der Waals surface area contributed by atoms with E-state index in [1.54, 1.807) is 0 Å². The van der Waals surface area contributed by atoms with Crippen molar-refractivity contribution in [3.63, 3.8) is 0 Å². The van der Waals surface area contributed by atoms with E-state index < -0.39 is 0 Å². The third kappa shape index (κ3) is 8.98. The van der Waals surface area contributed by atoms with E-state index >= 15 is 0 Å².